The molecule has 0 aliphatic carbocycles. The molecule has 0 atom stereocenters. The minimum Gasteiger partial charge on any atom is -0.402 e. The second-order valence-electron chi connectivity index (χ2n) is 4.99. The number of ether oxygens (including phenoxy) is 1. The van der Waals surface area contributed by atoms with Crippen LogP contribution in [-0.4, -0.2) is 21.8 Å². The fraction of sp³-hybridized carbons (Fsp3) is 0. The maximum absolute atomic E-state index is 12.0. The first-order valence-electron chi connectivity index (χ1n) is 7.24. The summed E-state index contributed by atoms with van der Waals surface area (Å²) in [5, 5.41) is 2.65. The number of carbonyl (C=O) groups excluding carboxylic acids is 1. The van der Waals surface area contributed by atoms with Gasteiger partial charge in [-0.25, -0.2) is 14.8 Å². The second-order valence-corrected chi connectivity index (χ2v) is 5.85. The highest BCUT2D eigenvalue weighted by atomic mass is 32.1. The monoisotopic (exact) mass is 333 g/mol. The molecule has 116 valence electrons. The molecule has 6 heteroatoms. The van der Waals surface area contributed by atoms with Crippen LogP contribution in [0.1, 0.15) is 11.3 Å². The topological polar surface area (TPSA) is 64.4 Å². The van der Waals surface area contributed by atoms with Crippen molar-refractivity contribution in [3.63, 3.8) is 0 Å². The van der Waals surface area contributed by atoms with Gasteiger partial charge in [-0.1, -0.05) is 24.3 Å². The Morgan fingerprint density at radius 2 is 1.88 bits per heavy atom. The number of carbonyl (C=O) groups is 1. The number of esters is 1. The molecule has 2 aromatic heterocycles. The minimum atomic E-state index is -0.471. The van der Waals surface area contributed by atoms with Gasteiger partial charge in [-0.15, -0.1) is 11.3 Å². The van der Waals surface area contributed by atoms with Crippen LogP contribution in [0.5, 0.6) is 0 Å². The van der Waals surface area contributed by atoms with Gasteiger partial charge in [0, 0.05) is 17.1 Å². The zero-order valence-electron chi connectivity index (χ0n) is 12.4. The fourth-order valence-corrected chi connectivity index (χ4v) is 2.97. The maximum Gasteiger partial charge on any atom is 0.363 e. The van der Waals surface area contributed by atoms with Gasteiger partial charge in [0.05, 0.1) is 11.4 Å². The van der Waals surface area contributed by atoms with Crippen LogP contribution in [-0.2, 0) is 9.53 Å². The Morgan fingerprint density at radius 1 is 1.04 bits per heavy atom. The first-order valence-corrected chi connectivity index (χ1v) is 8.12. The van der Waals surface area contributed by atoms with Crippen molar-refractivity contribution in [3.05, 3.63) is 77.1 Å². The normalized spacial score (nSPS) is 15.4. The molecule has 0 radical (unpaired) electrons. The van der Waals surface area contributed by atoms with Gasteiger partial charge in [0.1, 0.15) is 5.01 Å². The highest BCUT2D eigenvalue weighted by Crippen LogP contribution is 2.24. The molecule has 4 rings (SSSR count). The van der Waals surface area contributed by atoms with Gasteiger partial charge in [-0.05, 0) is 30.3 Å². The first-order chi connectivity index (χ1) is 11.8. The molecule has 0 fully saturated rings. The number of hydrogen-bond acceptors (Lipinski definition) is 6. The molecule has 1 aliphatic heterocycles. The Hall–Kier alpha value is -3.12. The van der Waals surface area contributed by atoms with Gasteiger partial charge < -0.3 is 4.74 Å². The number of cyclic esters (lactones) is 1. The Morgan fingerprint density at radius 3 is 2.67 bits per heavy atom. The number of rotatable bonds is 3. The van der Waals surface area contributed by atoms with Crippen molar-refractivity contribution in [2.75, 3.05) is 0 Å². The average Bonchev–Trinajstić information content (AvgIpc) is 3.24. The van der Waals surface area contributed by atoms with Crippen molar-refractivity contribution in [3.8, 4) is 10.7 Å². The molecule has 0 spiro atoms. The van der Waals surface area contributed by atoms with Gasteiger partial charge in [-0.2, -0.15) is 0 Å². The van der Waals surface area contributed by atoms with Crippen LogP contribution in [0.4, 0.5) is 0 Å². The summed E-state index contributed by atoms with van der Waals surface area (Å²) in [6.07, 6.45) is 3.35. The van der Waals surface area contributed by atoms with E-state index in [0.29, 0.717) is 11.6 Å². The molecule has 5 nitrogen and oxygen atoms in total. The molecule has 0 N–H and O–H groups in total. The Kier molecular flexibility index (Phi) is 3.72. The van der Waals surface area contributed by atoms with Gasteiger partial charge in [0.25, 0.3) is 0 Å². The first kappa shape index (κ1) is 14.5. The van der Waals surface area contributed by atoms with Crippen molar-refractivity contribution in [2.45, 2.75) is 0 Å². The predicted octanol–water partition coefficient (Wildman–Crippen LogP) is 3.55. The van der Waals surface area contributed by atoms with Crippen LogP contribution >= 0.6 is 11.3 Å². The number of thiazole rings is 1. The van der Waals surface area contributed by atoms with Gasteiger partial charge in [-0.3, -0.25) is 4.98 Å². The summed E-state index contributed by atoms with van der Waals surface area (Å²) in [5.74, 6) is -0.159. The Balaban J connectivity index is 1.63. The molecule has 1 aliphatic rings. The van der Waals surface area contributed by atoms with Gasteiger partial charge in [0.2, 0.25) is 5.90 Å². The van der Waals surface area contributed by atoms with E-state index in [1.807, 2.05) is 53.9 Å². The van der Waals surface area contributed by atoms with E-state index < -0.39 is 5.97 Å². The lowest BCUT2D eigenvalue weighted by Crippen LogP contribution is -2.04. The summed E-state index contributed by atoms with van der Waals surface area (Å²) in [5.41, 5.74) is 2.47. The predicted molar refractivity (Wildman–Crippen MR) is 92.4 cm³/mol. The highest BCUT2D eigenvalue weighted by Gasteiger charge is 2.24. The van der Waals surface area contributed by atoms with Crippen molar-refractivity contribution < 1.29 is 9.53 Å². The lowest BCUT2D eigenvalue weighted by molar-refractivity contribution is -0.129. The lowest BCUT2D eigenvalue weighted by atomic mass is 10.2. The standard InChI is InChI=1S/C18H11N3O2S/c22-18-15(21-16(23-18)12-6-2-1-3-7-12)10-13-11-24-17(20-13)14-8-4-5-9-19-14/h1-11H/b15-10-. The minimum absolute atomic E-state index is 0.242. The van der Waals surface area contributed by atoms with Crippen LogP contribution in [0.2, 0.25) is 0 Å². The number of pyridine rings is 1. The van der Waals surface area contributed by atoms with E-state index in [-0.39, 0.29) is 5.70 Å². The SMILES string of the molecule is O=C1OC(c2ccccc2)=N/C1=C\c1csc(-c2ccccn2)n1. The molecule has 3 aromatic rings. The van der Waals surface area contributed by atoms with Crippen molar-refractivity contribution in [1.82, 2.24) is 9.97 Å². The number of nitrogens with zero attached hydrogens (tertiary/aromatic N) is 3. The van der Waals surface area contributed by atoms with Crippen molar-refractivity contribution in [2.24, 2.45) is 4.99 Å². The second kappa shape index (κ2) is 6.17. The van der Waals surface area contributed by atoms with E-state index in [4.69, 9.17) is 4.74 Å². The van der Waals surface area contributed by atoms with E-state index in [1.54, 1.807) is 12.3 Å². The van der Waals surface area contributed by atoms with Crippen LogP contribution < -0.4 is 0 Å². The van der Waals surface area contributed by atoms with Crippen molar-refractivity contribution >= 4 is 29.3 Å². The summed E-state index contributed by atoms with van der Waals surface area (Å²) >= 11 is 1.47. The largest absolute Gasteiger partial charge is 0.402 e. The number of aliphatic imine (C=N–C) groups is 1. The van der Waals surface area contributed by atoms with E-state index in [1.165, 1.54) is 11.3 Å². The molecule has 0 unspecified atom stereocenters. The third-order valence-electron chi connectivity index (χ3n) is 3.33. The smallest absolute Gasteiger partial charge is 0.363 e. The maximum atomic E-state index is 12.0. The highest BCUT2D eigenvalue weighted by molar-refractivity contribution is 7.13. The molecule has 0 amide bonds. The zero-order valence-corrected chi connectivity index (χ0v) is 13.2. The molecule has 0 saturated carbocycles. The van der Waals surface area contributed by atoms with Crippen LogP contribution in [0.25, 0.3) is 16.8 Å². The molecule has 0 saturated heterocycles. The third kappa shape index (κ3) is 2.87. The molecule has 0 bridgehead atoms. The Bertz CT molecular complexity index is 947. The van der Waals surface area contributed by atoms with Gasteiger partial charge in [0.15, 0.2) is 5.70 Å². The van der Waals surface area contributed by atoms with Crippen LogP contribution in [0.15, 0.2) is 70.8 Å². The van der Waals surface area contributed by atoms with Crippen LogP contribution in [0, 0.1) is 0 Å². The molecule has 3 heterocycles. The Labute approximate surface area is 142 Å². The third-order valence-corrected chi connectivity index (χ3v) is 4.21. The quantitative estimate of drug-likeness (QED) is 0.543. The van der Waals surface area contributed by atoms with Gasteiger partial charge >= 0.3 is 5.97 Å². The van der Waals surface area contributed by atoms with Crippen LogP contribution in [0.3, 0.4) is 0 Å². The van der Waals surface area contributed by atoms with E-state index in [9.17, 15) is 4.79 Å². The zero-order chi connectivity index (χ0) is 16.4. The fourth-order valence-electron chi connectivity index (χ4n) is 2.21. The molecular weight excluding hydrogens is 322 g/mol. The summed E-state index contributed by atoms with van der Waals surface area (Å²) in [6, 6.07) is 15.0. The number of hydrogen-bond donors (Lipinski definition) is 0. The average molecular weight is 333 g/mol. The van der Waals surface area contributed by atoms with E-state index in [0.717, 1.165) is 16.3 Å². The van der Waals surface area contributed by atoms with Crippen molar-refractivity contribution in [1.29, 1.82) is 0 Å². The molecule has 24 heavy (non-hydrogen) atoms. The summed E-state index contributed by atoms with van der Waals surface area (Å²) in [4.78, 5) is 25.0. The molecule has 1 aromatic carbocycles. The summed E-state index contributed by atoms with van der Waals surface area (Å²) in [6.45, 7) is 0. The van der Waals surface area contributed by atoms with E-state index in [2.05, 4.69) is 15.0 Å². The number of aromatic nitrogens is 2. The number of benzene rings is 1. The molecular formula is C18H11N3O2S. The summed E-state index contributed by atoms with van der Waals surface area (Å²) < 4.78 is 5.23. The summed E-state index contributed by atoms with van der Waals surface area (Å²) in [7, 11) is 0. The van der Waals surface area contributed by atoms with E-state index >= 15 is 0 Å². The lowest BCUT2D eigenvalue weighted by Gasteiger charge is -1.97.